The zero-order chi connectivity index (χ0) is 19.2. The fourth-order valence-electron chi connectivity index (χ4n) is 2.43. The van der Waals surface area contributed by atoms with E-state index in [2.05, 4.69) is 0 Å². The van der Waals surface area contributed by atoms with Crippen molar-refractivity contribution in [2.45, 2.75) is 72.2 Å². The first kappa shape index (κ1) is 19.7. The highest BCUT2D eigenvalue weighted by Crippen LogP contribution is 2.36. The first-order valence-corrected chi connectivity index (χ1v) is 8.38. The molecule has 138 valence electrons. The number of anilines is 1. The molecule has 25 heavy (non-hydrogen) atoms. The molecule has 1 aromatic carbocycles. The molecule has 0 radical (unpaired) electrons. The maximum atomic E-state index is 14.5. The van der Waals surface area contributed by atoms with Gasteiger partial charge in [0.2, 0.25) is 0 Å². The average molecular weight is 351 g/mol. The van der Waals surface area contributed by atoms with Gasteiger partial charge in [-0.1, -0.05) is 10.5 Å². The minimum atomic E-state index is -1.06. The van der Waals surface area contributed by atoms with Crippen LogP contribution in [0.25, 0.3) is 0 Å². The third-order valence-corrected chi connectivity index (χ3v) is 4.39. The van der Waals surface area contributed by atoms with Gasteiger partial charge >= 0.3 is 13.2 Å². The summed E-state index contributed by atoms with van der Waals surface area (Å²) in [6.07, 6.45) is -1.06. The summed E-state index contributed by atoms with van der Waals surface area (Å²) in [5, 5.41) is 0.00693. The normalized spacial score (nSPS) is 19.0. The number of hydrogen-bond acceptors (Lipinski definition) is 4. The Kier molecular flexibility index (Phi) is 4.96. The summed E-state index contributed by atoms with van der Waals surface area (Å²) >= 11 is 0. The van der Waals surface area contributed by atoms with E-state index in [1.807, 2.05) is 40.7 Å². The van der Waals surface area contributed by atoms with Gasteiger partial charge in [-0.05, 0) is 78.5 Å². The number of ether oxygens (including phenoxy) is 1. The van der Waals surface area contributed by atoms with E-state index in [-0.39, 0.29) is 10.8 Å². The van der Waals surface area contributed by atoms with Crippen LogP contribution in [0.2, 0.25) is 0 Å². The van der Waals surface area contributed by atoms with Gasteiger partial charge in [0.15, 0.2) is 0 Å². The number of carbonyl (C=O) groups excluding carboxylic acids is 1. The molecule has 1 heterocycles. The summed E-state index contributed by atoms with van der Waals surface area (Å²) in [6.45, 7) is 14.7. The molecule has 7 heteroatoms. The second-order valence-electron chi connectivity index (χ2n) is 8.45. The van der Waals surface area contributed by atoms with E-state index in [9.17, 15) is 9.28 Å². The third kappa shape index (κ3) is 4.33. The van der Waals surface area contributed by atoms with Gasteiger partial charge in [-0.15, -0.1) is 5.12 Å². The molecule has 0 unspecified atom stereocenters. The lowest BCUT2D eigenvalue weighted by molar-refractivity contribution is 0.00578. The predicted molar refractivity (Wildman–Crippen MR) is 96.7 cm³/mol. The summed E-state index contributed by atoms with van der Waals surface area (Å²) in [5.41, 5.74) is -0.253. The van der Waals surface area contributed by atoms with E-state index >= 15 is 0 Å². The zero-order valence-electron chi connectivity index (χ0n) is 16.3. The molecule has 0 bridgehead atoms. The second kappa shape index (κ2) is 6.29. The molecule has 0 atom stereocenters. The Bertz CT molecular complexity index is 654. The number of rotatable bonds is 2. The molecular formula is C18H27BFNO4. The molecule has 1 amide bonds. The number of amides is 1. The summed E-state index contributed by atoms with van der Waals surface area (Å²) in [4.78, 5) is 12.0. The molecule has 1 saturated heterocycles. The van der Waals surface area contributed by atoms with Gasteiger partial charge in [-0.2, -0.15) is 0 Å². The topological polar surface area (TPSA) is 48.0 Å². The number of aryl methyl sites for hydroxylation is 1. The van der Waals surface area contributed by atoms with Crippen molar-refractivity contribution in [2.75, 3.05) is 5.12 Å². The maximum Gasteiger partial charge on any atom is 0.494 e. The van der Waals surface area contributed by atoms with Crippen molar-refractivity contribution < 1.29 is 23.3 Å². The Morgan fingerprint density at radius 1 is 1.12 bits per heavy atom. The van der Waals surface area contributed by atoms with E-state index < -0.39 is 30.0 Å². The van der Waals surface area contributed by atoms with Gasteiger partial charge in [-0.3, -0.25) is 0 Å². The quantitative estimate of drug-likeness (QED) is 0.599. The van der Waals surface area contributed by atoms with Gasteiger partial charge in [0.05, 0.1) is 16.9 Å². The van der Waals surface area contributed by atoms with E-state index in [4.69, 9.17) is 14.0 Å². The lowest BCUT2D eigenvalue weighted by Gasteiger charge is -2.32. The van der Waals surface area contributed by atoms with Crippen LogP contribution in [0.5, 0.6) is 0 Å². The monoisotopic (exact) mass is 351 g/mol. The highest BCUT2D eigenvalue weighted by atomic mass is 19.2. The van der Waals surface area contributed by atoms with Crippen LogP contribution in [0.15, 0.2) is 18.2 Å². The van der Waals surface area contributed by atoms with E-state index in [1.54, 1.807) is 32.9 Å². The lowest BCUT2D eigenvalue weighted by Crippen LogP contribution is -2.41. The average Bonchev–Trinajstić information content (AvgIpc) is 2.64. The standard InChI is InChI=1S/C18H27BFNO4/c1-12-9-13(19-24-17(5,6)18(7,8)25-19)11-14(10-12)21(20)15(22)23-16(2,3)4/h9-11H,1-8H3. The first-order valence-electron chi connectivity index (χ1n) is 8.38. The van der Waals surface area contributed by atoms with Crippen LogP contribution >= 0.6 is 0 Å². The fraction of sp³-hybridized carbons (Fsp3) is 0.611. The first-order chi connectivity index (χ1) is 11.2. The fourth-order valence-corrected chi connectivity index (χ4v) is 2.43. The lowest BCUT2D eigenvalue weighted by atomic mass is 9.78. The molecule has 1 aromatic rings. The van der Waals surface area contributed by atoms with Gasteiger partial charge in [-0.25, -0.2) is 4.79 Å². The number of hydrogen-bond donors (Lipinski definition) is 0. The minimum Gasteiger partial charge on any atom is -0.442 e. The summed E-state index contributed by atoms with van der Waals surface area (Å²) < 4.78 is 31.6. The number of halogens is 1. The second-order valence-corrected chi connectivity index (χ2v) is 8.45. The molecule has 1 aliphatic heterocycles. The summed E-state index contributed by atoms with van der Waals surface area (Å²) in [7, 11) is -0.629. The Hall–Kier alpha value is -1.60. The summed E-state index contributed by atoms with van der Waals surface area (Å²) in [5.74, 6) is 0. The zero-order valence-corrected chi connectivity index (χ0v) is 16.3. The highest BCUT2D eigenvalue weighted by molar-refractivity contribution is 6.62. The molecule has 1 aliphatic rings. The van der Waals surface area contributed by atoms with Gasteiger partial charge in [0, 0.05) is 0 Å². The van der Waals surface area contributed by atoms with Crippen molar-refractivity contribution in [1.29, 1.82) is 0 Å². The van der Waals surface area contributed by atoms with Crippen molar-refractivity contribution in [3.63, 3.8) is 0 Å². The van der Waals surface area contributed by atoms with Crippen LogP contribution in [0.1, 0.15) is 54.0 Å². The number of nitrogens with zero attached hydrogens (tertiary/aromatic N) is 1. The van der Waals surface area contributed by atoms with E-state index in [0.29, 0.717) is 5.46 Å². The van der Waals surface area contributed by atoms with Crippen molar-refractivity contribution in [2.24, 2.45) is 0 Å². The molecule has 0 spiro atoms. The predicted octanol–water partition coefficient (Wildman–Crippen LogP) is 3.92. The van der Waals surface area contributed by atoms with Crippen molar-refractivity contribution >= 4 is 24.4 Å². The van der Waals surface area contributed by atoms with Gasteiger partial charge in [0.25, 0.3) is 0 Å². The molecule has 1 fully saturated rings. The molecule has 0 saturated carbocycles. The molecule has 2 rings (SSSR count). The minimum absolute atomic E-state index is 0.00693. The van der Waals surface area contributed by atoms with Crippen molar-refractivity contribution in [3.8, 4) is 0 Å². The van der Waals surface area contributed by atoms with Gasteiger partial charge < -0.3 is 14.0 Å². The van der Waals surface area contributed by atoms with Crippen LogP contribution < -0.4 is 10.6 Å². The Labute approximate surface area is 149 Å². The SMILES string of the molecule is Cc1cc(B2OC(C)(C)C(C)(C)O2)cc(N(F)C(=O)OC(C)(C)C)c1. The maximum absolute atomic E-state index is 14.5. The van der Waals surface area contributed by atoms with Crippen LogP contribution in [-0.2, 0) is 14.0 Å². The number of benzene rings is 1. The van der Waals surface area contributed by atoms with Crippen LogP contribution in [0.3, 0.4) is 0 Å². The van der Waals surface area contributed by atoms with Crippen LogP contribution in [0.4, 0.5) is 15.0 Å². The van der Waals surface area contributed by atoms with E-state index in [1.165, 1.54) is 0 Å². The molecule has 0 N–H and O–H groups in total. The third-order valence-electron chi connectivity index (χ3n) is 4.39. The molecular weight excluding hydrogens is 324 g/mol. The van der Waals surface area contributed by atoms with Gasteiger partial charge in [0.1, 0.15) is 5.60 Å². The number of carbonyl (C=O) groups is 1. The Morgan fingerprint density at radius 3 is 2.12 bits per heavy atom. The Morgan fingerprint density at radius 2 is 1.64 bits per heavy atom. The largest absolute Gasteiger partial charge is 0.494 e. The van der Waals surface area contributed by atoms with Crippen molar-refractivity contribution in [1.82, 2.24) is 0 Å². The molecule has 0 aromatic heterocycles. The van der Waals surface area contributed by atoms with Crippen molar-refractivity contribution in [3.05, 3.63) is 23.8 Å². The van der Waals surface area contributed by atoms with E-state index in [0.717, 1.165) is 5.56 Å². The molecule has 5 nitrogen and oxygen atoms in total. The smallest absolute Gasteiger partial charge is 0.442 e. The Balaban J connectivity index is 2.28. The molecule has 0 aliphatic carbocycles. The highest BCUT2D eigenvalue weighted by Gasteiger charge is 2.51. The summed E-state index contributed by atoms with van der Waals surface area (Å²) in [6, 6.07) is 4.96. The van der Waals surface area contributed by atoms with Crippen LogP contribution in [-0.4, -0.2) is 30.0 Å². The van der Waals surface area contributed by atoms with Crippen LogP contribution in [0, 0.1) is 6.92 Å².